The predicted molar refractivity (Wildman–Crippen MR) is 80.1 cm³/mol. The van der Waals surface area contributed by atoms with Gasteiger partial charge in [0.15, 0.2) is 11.5 Å². The second-order valence-corrected chi connectivity index (χ2v) is 5.14. The molecule has 0 radical (unpaired) electrons. The molecule has 7 heteroatoms. The van der Waals surface area contributed by atoms with Crippen LogP contribution in [0.2, 0.25) is 0 Å². The molecule has 2 heterocycles. The average molecular weight is 289 g/mol. The van der Waals surface area contributed by atoms with Crippen LogP contribution in [0.1, 0.15) is 5.56 Å². The van der Waals surface area contributed by atoms with Gasteiger partial charge in [-0.3, -0.25) is 4.57 Å². The summed E-state index contributed by atoms with van der Waals surface area (Å²) in [7, 11) is 5.83. The third-order valence-electron chi connectivity index (χ3n) is 3.39. The number of benzene rings is 1. The lowest BCUT2D eigenvalue weighted by molar-refractivity contribution is 0.174. The molecule has 0 unspecified atom stereocenters. The highest BCUT2D eigenvalue weighted by Gasteiger charge is 2.13. The van der Waals surface area contributed by atoms with Gasteiger partial charge in [0.25, 0.3) is 0 Å². The van der Waals surface area contributed by atoms with Crippen molar-refractivity contribution in [3.63, 3.8) is 0 Å². The van der Waals surface area contributed by atoms with Crippen LogP contribution in [-0.4, -0.2) is 42.2 Å². The Balaban J connectivity index is 1.59. The largest absolute Gasteiger partial charge is 0.454 e. The first-order valence-electron chi connectivity index (χ1n) is 6.84. The monoisotopic (exact) mass is 289 g/mol. The Morgan fingerprint density at radius 1 is 1.24 bits per heavy atom. The fourth-order valence-corrected chi connectivity index (χ4v) is 2.28. The van der Waals surface area contributed by atoms with Crippen LogP contribution < -0.4 is 19.7 Å². The van der Waals surface area contributed by atoms with Gasteiger partial charge in [-0.2, -0.15) is 0 Å². The molecular weight excluding hydrogens is 270 g/mol. The summed E-state index contributed by atoms with van der Waals surface area (Å²) in [6.45, 7) is 1.09. The fraction of sp³-hybridized carbons (Fsp3) is 0.429. The van der Waals surface area contributed by atoms with E-state index in [1.165, 1.54) is 5.56 Å². The number of hydrogen-bond donors (Lipinski definition) is 1. The minimum Gasteiger partial charge on any atom is -0.454 e. The maximum Gasteiger partial charge on any atom is 0.231 e. The van der Waals surface area contributed by atoms with E-state index < -0.39 is 0 Å². The van der Waals surface area contributed by atoms with Crippen molar-refractivity contribution >= 4 is 11.9 Å². The van der Waals surface area contributed by atoms with Gasteiger partial charge in [0.1, 0.15) is 0 Å². The van der Waals surface area contributed by atoms with E-state index in [4.69, 9.17) is 9.47 Å². The zero-order valence-electron chi connectivity index (χ0n) is 12.5. The first-order valence-corrected chi connectivity index (χ1v) is 6.84. The summed E-state index contributed by atoms with van der Waals surface area (Å²) in [4.78, 5) is 1.93. The molecule has 0 bridgehead atoms. The molecule has 0 saturated carbocycles. The van der Waals surface area contributed by atoms with Crippen LogP contribution in [0.5, 0.6) is 11.5 Å². The molecule has 1 aliphatic rings. The molecule has 0 atom stereocenters. The standard InChI is InChI=1S/C14H19N5O2/c1-18(2)14-17-16-13(19(14)3)15-7-6-10-4-5-11-12(8-10)21-9-20-11/h4-5,8H,6-7,9H2,1-3H3,(H,15,16). The molecule has 0 aliphatic carbocycles. The molecule has 3 rings (SSSR count). The highest BCUT2D eigenvalue weighted by Crippen LogP contribution is 2.32. The van der Waals surface area contributed by atoms with Gasteiger partial charge < -0.3 is 19.7 Å². The number of ether oxygens (including phenoxy) is 2. The van der Waals surface area contributed by atoms with E-state index >= 15 is 0 Å². The molecule has 7 nitrogen and oxygen atoms in total. The van der Waals surface area contributed by atoms with Gasteiger partial charge in [0, 0.05) is 27.7 Å². The Morgan fingerprint density at radius 3 is 2.81 bits per heavy atom. The quantitative estimate of drug-likeness (QED) is 0.894. The van der Waals surface area contributed by atoms with Crippen LogP contribution in [0, 0.1) is 0 Å². The molecular formula is C14H19N5O2. The van der Waals surface area contributed by atoms with Crippen molar-refractivity contribution in [1.82, 2.24) is 14.8 Å². The molecule has 0 spiro atoms. The lowest BCUT2D eigenvalue weighted by Gasteiger charge is -2.11. The van der Waals surface area contributed by atoms with Crippen LogP contribution in [0.15, 0.2) is 18.2 Å². The summed E-state index contributed by atoms with van der Waals surface area (Å²) >= 11 is 0. The van der Waals surface area contributed by atoms with Crippen LogP contribution in [0.25, 0.3) is 0 Å². The number of fused-ring (bicyclic) bond motifs is 1. The molecule has 1 N–H and O–H groups in total. The zero-order valence-corrected chi connectivity index (χ0v) is 12.5. The molecule has 112 valence electrons. The van der Waals surface area contributed by atoms with Gasteiger partial charge in [0.2, 0.25) is 18.7 Å². The number of aromatic nitrogens is 3. The van der Waals surface area contributed by atoms with Crippen molar-refractivity contribution in [2.45, 2.75) is 6.42 Å². The van der Waals surface area contributed by atoms with E-state index in [0.717, 1.165) is 36.4 Å². The molecule has 2 aromatic rings. The summed E-state index contributed by atoms with van der Waals surface area (Å²) in [5.74, 6) is 3.22. The van der Waals surface area contributed by atoms with Gasteiger partial charge in [-0.1, -0.05) is 6.07 Å². The Morgan fingerprint density at radius 2 is 2.05 bits per heavy atom. The minimum atomic E-state index is 0.309. The van der Waals surface area contributed by atoms with Crippen LogP contribution >= 0.6 is 0 Å². The van der Waals surface area contributed by atoms with Crippen LogP contribution in [0.4, 0.5) is 11.9 Å². The maximum atomic E-state index is 5.38. The molecule has 1 aromatic heterocycles. The van der Waals surface area contributed by atoms with Crippen molar-refractivity contribution in [2.24, 2.45) is 7.05 Å². The van der Waals surface area contributed by atoms with E-state index in [2.05, 4.69) is 21.6 Å². The lowest BCUT2D eigenvalue weighted by Crippen LogP contribution is -2.15. The number of nitrogens with zero attached hydrogens (tertiary/aromatic N) is 4. The van der Waals surface area contributed by atoms with E-state index in [1.807, 2.05) is 42.7 Å². The Hall–Kier alpha value is -2.44. The Kier molecular flexibility index (Phi) is 3.55. The lowest BCUT2D eigenvalue weighted by atomic mass is 10.1. The van der Waals surface area contributed by atoms with Crippen molar-refractivity contribution in [3.8, 4) is 11.5 Å². The average Bonchev–Trinajstić information content (AvgIpc) is 3.05. The summed E-state index contributed by atoms with van der Waals surface area (Å²) in [5, 5.41) is 11.6. The molecule has 0 amide bonds. The van der Waals surface area contributed by atoms with E-state index in [9.17, 15) is 0 Å². The Labute approximate surface area is 123 Å². The first kappa shape index (κ1) is 13.5. The highest BCUT2D eigenvalue weighted by molar-refractivity contribution is 5.45. The van der Waals surface area contributed by atoms with Crippen LogP contribution in [-0.2, 0) is 13.5 Å². The summed E-state index contributed by atoms with van der Waals surface area (Å²) in [6.07, 6.45) is 0.876. The summed E-state index contributed by atoms with van der Waals surface area (Å²) in [5.41, 5.74) is 1.20. The van der Waals surface area contributed by atoms with Crippen molar-refractivity contribution < 1.29 is 9.47 Å². The smallest absolute Gasteiger partial charge is 0.231 e. The molecule has 21 heavy (non-hydrogen) atoms. The molecule has 0 saturated heterocycles. The van der Waals surface area contributed by atoms with Gasteiger partial charge >= 0.3 is 0 Å². The van der Waals surface area contributed by atoms with Crippen molar-refractivity contribution in [3.05, 3.63) is 23.8 Å². The van der Waals surface area contributed by atoms with E-state index in [1.54, 1.807) is 0 Å². The number of hydrogen-bond acceptors (Lipinski definition) is 6. The maximum absolute atomic E-state index is 5.38. The topological polar surface area (TPSA) is 64.4 Å². The number of anilines is 2. The molecule has 1 aromatic carbocycles. The van der Waals surface area contributed by atoms with Crippen LogP contribution in [0.3, 0.4) is 0 Å². The SMILES string of the molecule is CN(C)c1nnc(NCCc2ccc3c(c2)OCO3)n1C. The summed E-state index contributed by atoms with van der Waals surface area (Å²) < 4.78 is 12.6. The van der Waals surface area contributed by atoms with Gasteiger partial charge in [-0.15, -0.1) is 10.2 Å². The normalized spacial score (nSPS) is 12.5. The summed E-state index contributed by atoms with van der Waals surface area (Å²) in [6, 6.07) is 6.02. The van der Waals surface area contributed by atoms with Crippen molar-refractivity contribution in [1.29, 1.82) is 0 Å². The third kappa shape index (κ3) is 2.72. The minimum absolute atomic E-state index is 0.309. The second kappa shape index (κ2) is 5.51. The van der Waals surface area contributed by atoms with E-state index in [0.29, 0.717) is 6.79 Å². The second-order valence-electron chi connectivity index (χ2n) is 5.14. The van der Waals surface area contributed by atoms with Gasteiger partial charge in [-0.25, -0.2) is 0 Å². The van der Waals surface area contributed by atoms with Gasteiger partial charge in [0.05, 0.1) is 0 Å². The Bertz CT molecular complexity index is 638. The first-order chi connectivity index (χ1) is 10.1. The van der Waals surface area contributed by atoms with Crippen molar-refractivity contribution in [2.75, 3.05) is 37.6 Å². The molecule has 1 aliphatic heterocycles. The zero-order chi connectivity index (χ0) is 14.8. The fourth-order valence-electron chi connectivity index (χ4n) is 2.28. The highest BCUT2D eigenvalue weighted by atomic mass is 16.7. The number of nitrogens with one attached hydrogen (secondary N) is 1. The predicted octanol–water partition coefficient (Wildman–Crippen LogP) is 1.26. The third-order valence-corrected chi connectivity index (χ3v) is 3.39. The van der Waals surface area contributed by atoms with Gasteiger partial charge in [-0.05, 0) is 24.1 Å². The number of rotatable bonds is 5. The molecule has 0 fully saturated rings. The van der Waals surface area contributed by atoms with E-state index in [-0.39, 0.29) is 0 Å².